The first-order valence-electron chi connectivity index (χ1n) is 10.5. The molecular formula is C25H21F3N2O2. The van der Waals surface area contributed by atoms with Crippen molar-refractivity contribution in [2.75, 3.05) is 0 Å². The van der Waals surface area contributed by atoms with E-state index in [1.165, 1.54) is 12.1 Å². The Hall–Kier alpha value is -3.40. The van der Waals surface area contributed by atoms with E-state index in [9.17, 15) is 22.8 Å². The third kappa shape index (κ3) is 4.59. The Bertz CT molecular complexity index is 1100. The molecule has 1 aliphatic carbocycles. The van der Waals surface area contributed by atoms with Crippen molar-refractivity contribution < 1.29 is 22.8 Å². The number of hydrogen-bond acceptors (Lipinski definition) is 3. The summed E-state index contributed by atoms with van der Waals surface area (Å²) < 4.78 is 38.9. The summed E-state index contributed by atoms with van der Waals surface area (Å²) in [6, 6.07) is 9.43. The van der Waals surface area contributed by atoms with E-state index in [1.54, 1.807) is 24.4 Å². The Morgan fingerprint density at radius 1 is 0.969 bits per heavy atom. The molecule has 1 aliphatic heterocycles. The highest BCUT2D eigenvalue weighted by Crippen LogP contribution is 2.34. The predicted molar refractivity (Wildman–Crippen MR) is 113 cm³/mol. The average molecular weight is 438 g/mol. The van der Waals surface area contributed by atoms with Crippen LogP contribution in [0, 0.1) is 17.8 Å². The number of carbonyl (C=O) groups excluding carboxylic acids is 2. The molecule has 0 spiro atoms. The minimum absolute atomic E-state index is 0.0305. The van der Waals surface area contributed by atoms with Gasteiger partial charge in [0.1, 0.15) is 5.57 Å². The molecule has 0 bridgehead atoms. The van der Waals surface area contributed by atoms with Crippen LogP contribution in [0.1, 0.15) is 48.9 Å². The summed E-state index contributed by atoms with van der Waals surface area (Å²) in [4.78, 5) is 31.6. The highest BCUT2D eigenvalue weighted by molar-refractivity contribution is 6.37. The normalized spacial score (nSPS) is 17.5. The lowest BCUT2D eigenvalue weighted by Gasteiger charge is -2.15. The Labute approximate surface area is 184 Å². The van der Waals surface area contributed by atoms with Crippen LogP contribution in [0.25, 0.3) is 5.57 Å². The minimum atomic E-state index is -4.49. The van der Waals surface area contributed by atoms with E-state index in [4.69, 9.17) is 0 Å². The lowest BCUT2D eigenvalue weighted by Crippen LogP contribution is -2.31. The second kappa shape index (κ2) is 8.99. The van der Waals surface area contributed by atoms with Gasteiger partial charge in [-0.05, 0) is 42.7 Å². The topological polar surface area (TPSA) is 50.3 Å². The molecule has 0 radical (unpaired) electrons. The molecule has 2 aliphatic rings. The van der Waals surface area contributed by atoms with Crippen LogP contribution < -0.4 is 0 Å². The van der Waals surface area contributed by atoms with Gasteiger partial charge in [0.15, 0.2) is 0 Å². The summed E-state index contributed by atoms with van der Waals surface area (Å²) in [5.41, 5.74) is 0.0355. The maximum absolute atomic E-state index is 13.2. The van der Waals surface area contributed by atoms with Gasteiger partial charge in [-0.25, -0.2) is 0 Å². The molecule has 0 N–H and O–H groups in total. The Morgan fingerprint density at radius 3 is 2.31 bits per heavy atom. The molecule has 1 aromatic carbocycles. The summed E-state index contributed by atoms with van der Waals surface area (Å²) >= 11 is 0. The highest BCUT2D eigenvalue weighted by Gasteiger charge is 2.39. The van der Waals surface area contributed by atoms with E-state index in [2.05, 4.69) is 16.8 Å². The maximum atomic E-state index is 13.2. The average Bonchev–Trinajstić information content (AvgIpc) is 3.03. The number of benzene rings is 1. The van der Waals surface area contributed by atoms with Crippen LogP contribution >= 0.6 is 0 Å². The molecular weight excluding hydrogens is 417 g/mol. The van der Waals surface area contributed by atoms with Gasteiger partial charge in [-0.3, -0.25) is 19.5 Å². The molecule has 1 fully saturated rings. The Balaban J connectivity index is 1.71. The van der Waals surface area contributed by atoms with Crippen molar-refractivity contribution in [3.63, 3.8) is 0 Å². The van der Waals surface area contributed by atoms with Gasteiger partial charge in [0.05, 0.1) is 23.4 Å². The maximum Gasteiger partial charge on any atom is 0.416 e. The molecule has 164 valence electrons. The molecule has 1 aromatic heterocycles. The molecule has 7 heteroatoms. The summed E-state index contributed by atoms with van der Waals surface area (Å²) in [5.74, 6) is 5.08. The van der Waals surface area contributed by atoms with E-state index >= 15 is 0 Å². The molecule has 2 heterocycles. The van der Waals surface area contributed by atoms with Crippen molar-refractivity contribution in [1.82, 2.24) is 9.88 Å². The van der Waals surface area contributed by atoms with Crippen molar-refractivity contribution in [2.45, 2.75) is 44.8 Å². The number of pyridine rings is 1. The molecule has 32 heavy (non-hydrogen) atoms. The lowest BCUT2D eigenvalue weighted by molar-refractivity contribution is -0.138. The molecule has 0 unspecified atom stereocenters. The quantitative estimate of drug-likeness (QED) is 0.500. The fraction of sp³-hybridized carbons (Fsp3) is 0.320. The summed E-state index contributed by atoms with van der Waals surface area (Å²) in [6.45, 7) is -0.0305. The standard InChI is InChI=1S/C25H21F3N2O2/c26-25(27,28)19-12-10-18(11-13-19)22-21(14-9-17-6-2-1-3-7-17)23(31)30(24(22)32)16-20-8-4-5-15-29-20/h4-5,8,10-13,15,17H,1-3,6-7,16H2. The fourth-order valence-electron chi connectivity index (χ4n) is 4.00. The van der Waals surface area contributed by atoms with E-state index in [1.807, 2.05) is 0 Å². The van der Waals surface area contributed by atoms with Crippen molar-refractivity contribution in [3.05, 3.63) is 71.1 Å². The second-order valence-electron chi connectivity index (χ2n) is 7.95. The smallest absolute Gasteiger partial charge is 0.269 e. The molecule has 1 saturated carbocycles. The van der Waals surface area contributed by atoms with Gasteiger partial charge in [-0.2, -0.15) is 13.2 Å². The number of rotatable bonds is 3. The minimum Gasteiger partial charge on any atom is -0.269 e. The van der Waals surface area contributed by atoms with Gasteiger partial charge < -0.3 is 0 Å². The third-order valence-electron chi connectivity index (χ3n) is 5.72. The number of alkyl halides is 3. The van der Waals surface area contributed by atoms with Gasteiger partial charge in [0.25, 0.3) is 11.8 Å². The number of aromatic nitrogens is 1. The largest absolute Gasteiger partial charge is 0.416 e. The molecule has 0 saturated heterocycles. The summed E-state index contributed by atoms with van der Waals surface area (Å²) in [6.07, 6.45) is 2.26. The van der Waals surface area contributed by atoms with Crippen LogP contribution in [-0.2, 0) is 22.3 Å². The number of nitrogens with zero attached hydrogens (tertiary/aromatic N) is 2. The molecule has 0 atom stereocenters. The van der Waals surface area contributed by atoms with Gasteiger partial charge >= 0.3 is 6.18 Å². The first kappa shape index (κ1) is 21.8. The predicted octanol–water partition coefficient (Wildman–Crippen LogP) is 5.01. The number of halogens is 3. The Morgan fingerprint density at radius 2 is 1.69 bits per heavy atom. The van der Waals surface area contributed by atoms with Crippen LogP contribution in [0.5, 0.6) is 0 Å². The van der Waals surface area contributed by atoms with Crippen LogP contribution in [0.4, 0.5) is 13.2 Å². The van der Waals surface area contributed by atoms with E-state index in [0.29, 0.717) is 5.69 Å². The number of amides is 2. The highest BCUT2D eigenvalue weighted by atomic mass is 19.4. The SMILES string of the molecule is O=C1C(C#CC2CCCCC2)=C(c2ccc(C(F)(F)F)cc2)C(=O)N1Cc1ccccn1. The van der Waals surface area contributed by atoms with E-state index in [-0.39, 0.29) is 29.2 Å². The van der Waals surface area contributed by atoms with Crippen molar-refractivity contribution in [1.29, 1.82) is 0 Å². The second-order valence-corrected chi connectivity index (χ2v) is 7.95. The van der Waals surface area contributed by atoms with Crippen LogP contribution in [0.2, 0.25) is 0 Å². The monoisotopic (exact) mass is 438 g/mol. The van der Waals surface area contributed by atoms with Gasteiger partial charge in [0, 0.05) is 12.1 Å². The van der Waals surface area contributed by atoms with Gasteiger partial charge in [-0.15, -0.1) is 0 Å². The van der Waals surface area contributed by atoms with Gasteiger partial charge in [-0.1, -0.05) is 49.3 Å². The molecule has 2 aromatic rings. The van der Waals surface area contributed by atoms with Crippen molar-refractivity contribution in [2.24, 2.45) is 5.92 Å². The summed E-state index contributed by atoms with van der Waals surface area (Å²) in [5, 5.41) is 0. The fourth-order valence-corrected chi connectivity index (χ4v) is 4.00. The number of hydrogen-bond donors (Lipinski definition) is 0. The first-order chi connectivity index (χ1) is 15.3. The zero-order valence-corrected chi connectivity index (χ0v) is 17.3. The van der Waals surface area contributed by atoms with Gasteiger partial charge in [0.2, 0.25) is 0 Å². The molecule has 4 nitrogen and oxygen atoms in total. The molecule has 4 rings (SSSR count). The van der Waals surface area contributed by atoms with Crippen LogP contribution in [0.15, 0.2) is 54.2 Å². The third-order valence-corrected chi connectivity index (χ3v) is 5.72. The van der Waals surface area contributed by atoms with Crippen LogP contribution in [-0.4, -0.2) is 21.7 Å². The zero-order chi connectivity index (χ0) is 22.7. The van der Waals surface area contributed by atoms with E-state index in [0.717, 1.165) is 49.1 Å². The summed E-state index contributed by atoms with van der Waals surface area (Å²) in [7, 11) is 0. The number of imide groups is 1. The zero-order valence-electron chi connectivity index (χ0n) is 17.3. The first-order valence-corrected chi connectivity index (χ1v) is 10.5. The van der Waals surface area contributed by atoms with Crippen LogP contribution in [0.3, 0.4) is 0 Å². The van der Waals surface area contributed by atoms with Crippen molar-refractivity contribution >= 4 is 17.4 Å². The Kier molecular flexibility index (Phi) is 6.13. The number of carbonyl (C=O) groups is 2. The van der Waals surface area contributed by atoms with Crippen molar-refractivity contribution in [3.8, 4) is 11.8 Å². The lowest BCUT2D eigenvalue weighted by atomic mass is 9.89. The molecule has 2 amide bonds. The van der Waals surface area contributed by atoms with E-state index < -0.39 is 23.6 Å².